The molecule has 1 amide bonds. The van der Waals surface area contributed by atoms with Gasteiger partial charge in [-0.05, 0) is 43.5 Å². The first-order valence-electron chi connectivity index (χ1n) is 7.31. The van der Waals surface area contributed by atoms with Crippen LogP contribution >= 0.6 is 0 Å². The monoisotopic (exact) mass is 281 g/mol. The molecule has 0 spiro atoms. The van der Waals surface area contributed by atoms with Crippen molar-refractivity contribution in [3.05, 3.63) is 59.2 Å². The molecule has 1 heterocycles. The molecule has 3 rings (SSSR count). The van der Waals surface area contributed by atoms with Crippen LogP contribution in [0.5, 0.6) is 5.75 Å². The number of nitrogens with one attached hydrogen (secondary N) is 1. The SMILES string of the molecule is CCOc1ccccc1C[C@H]1C(=O)Nc2ccc(C)cc21. The van der Waals surface area contributed by atoms with Crippen LogP contribution in [0.4, 0.5) is 5.69 Å². The molecule has 2 aromatic carbocycles. The minimum Gasteiger partial charge on any atom is -0.494 e. The summed E-state index contributed by atoms with van der Waals surface area (Å²) in [4.78, 5) is 12.3. The van der Waals surface area contributed by atoms with Gasteiger partial charge in [0.15, 0.2) is 0 Å². The Morgan fingerprint density at radius 2 is 2.00 bits per heavy atom. The average Bonchev–Trinajstić information content (AvgIpc) is 2.77. The van der Waals surface area contributed by atoms with Crippen molar-refractivity contribution in [1.82, 2.24) is 0 Å². The van der Waals surface area contributed by atoms with Gasteiger partial charge in [-0.15, -0.1) is 0 Å². The number of benzene rings is 2. The van der Waals surface area contributed by atoms with Gasteiger partial charge in [-0.1, -0.05) is 35.9 Å². The summed E-state index contributed by atoms with van der Waals surface area (Å²) in [5, 5.41) is 2.97. The Morgan fingerprint density at radius 3 is 2.81 bits per heavy atom. The van der Waals surface area contributed by atoms with Gasteiger partial charge in [0.05, 0.1) is 12.5 Å². The molecule has 0 fully saturated rings. The number of para-hydroxylation sites is 1. The highest BCUT2D eigenvalue weighted by atomic mass is 16.5. The van der Waals surface area contributed by atoms with Gasteiger partial charge < -0.3 is 10.1 Å². The summed E-state index contributed by atoms with van der Waals surface area (Å²) in [5.41, 5.74) is 4.28. The third-order valence-electron chi connectivity index (χ3n) is 3.85. The number of amides is 1. The fraction of sp³-hybridized carbons (Fsp3) is 0.278. The van der Waals surface area contributed by atoms with Crippen molar-refractivity contribution in [2.45, 2.75) is 26.2 Å². The molecule has 0 unspecified atom stereocenters. The molecule has 1 aliphatic rings. The summed E-state index contributed by atoms with van der Waals surface area (Å²) in [6, 6.07) is 14.0. The Labute approximate surface area is 124 Å². The molecule has 0 saturated carbocycles. The van der Waals surface area contributed by atoms with E-state index < -0.39 is 0 Å². The third-order valence-corrected chi connectivity index (χ3v) is 3.85. The minimum absolute atomic E-state index is 0.0712. The predicted octanol–water partition coefficient (Wildman–Crippen LogP) is 3.67. The maximum Gasteiger partial charge on any atom is 0.232 e. The zero-order chi connectivity index (χ0) is 14.8. The van der Waals surface area contributed by atoms with Crippen LogP contribution in [-0.4, -0.2) is 12.5 Å². The molecule has 1 atom stereocenters. The van der Waals surface area contributed by atoms with Gasteiger partial charge in [-0.25, -0.2) is 0 Å². The van der Waals surface area contributed by atoms with Crippen molar-refractivity contribution in [2.75, 3.05) is 11.9 Å². The lowest BCUT2D eigenvalue weighted by molar-refractivity contribution is -0.117. The molecule has 0 aliphatic carbocycles. The summed E-state index contributed by atoms with van der Waals surface area (Å²) >= 11 is 0. The lowest BCUT2D eigenvalue weighted by Crippen LogP contribution is -2.14. The Bertz CT molecular complexity index is 679. The number of carbonyl (C=O) groups is 1. The molecule has 21 heavy (non-hydrogen) atoms. The highest BCUT2D eigenvalue weighted by molar-refractivity contribution is 6.03. The lowest BCUT2D eigenvalue weighted by atomic mass is 9.92. The standard InChI is InChI=1S/C18H19NO2/c1-3-21-17-7-5-4-6-13(17)11-15-14-10-12(2)8-9-16(14)19-18(15)20/h4-10,15H,3,11H2,1-2H3,(H,19,20)/t15-/m1/s1. The van der Waals surface area contributed by atoms with E-state index in [2.05, 4.69) is 11.4 Å². The maximum atomic E-state index is 12.3. The number of rotatable bonds is 4. The molecule has 108 valence electrons. The molecule has 0 saturated heterocycles. The van der Waals surface area contributed by atoms with Crippen LogP contribution in [0.25, 0.3) is 0 Å². The normalized spacial score (nSPS) is 16.5. The summed E-state index contributed by atoms with van der Waals surface area (Å²) in [5.74, 6) is 0.803. The molecular formula is C18H19NO2. The van der Waals surface area contributed by atoms with E-state index in [1.807, 2.05) is 50.2 Å². The minimum atomic E-state index is -0.137. The van der Waals surface area contributed by atoms with Crippen LogP contribution in [0.3, 0.4) is 0 Å². The molecule has 2 aromatic rings. The number of aryl methyl sites for hydroxylation is 1. The van der Waals surface area contributed by atoms with Crippen LogP contribution in [0.2, 0.25) is 0 Å². The van der Waals surface area contributed by atoms with E-state index in [9.17, 15) is 4.79 Å². The molecule has 0 bridgehead atoms. The summed E-state index contributed by atoms with van der Waals surface area (Å²) in [6.07, 6.45) is 0.665. The molecule has 1 N–H and O–H groups in total. The summed E-state index contributed by atoms with van der Waals surface area (Å²) in [6.45, 7) is 4.65. The highest BCUT2D eigenvalue weighted by Gasteiger charge is 2.31. The fourth-order valence-corrected chi connectivity index (χ4v) is 2.84. The van der Waals surface area contributed by atoms with Gasteiger partial charge in [0.1, 0.15) is 5.75 Å². The molecular weight excluding hydrogens is 262 g/mol. The fourth-order valence-electron chi connectivity index (χ4n) is 2.84. The zero-order valence-corrected chi connectivity index (χ0v) is 12.3. The van der Waals surface area contributed by atoms with E-state index in [1.165, 1.54) is 5.56 Å². The second-order valence-corrected chi connectivity index (χ2v) is 5.38. The van der Waals surface area contributed by atoms with E-state index in [0.717, 1.165) is 22.6 Å². The number of carbonyl (C=O) groups excluding carboxylic acids is 1. The maximum absolute atomic E-state index is 12.3. The number of hydrogen-bond donors (Lipinski definition) is 1. The number of ether oxygens (including phenoxy) is 1. The number of fused-ring (bicyclic) bond motifs is 1. The Balaban J connectivity index is 1.93. The zero-order valence-electron chi connectivity index (χ0n) is 12.3. The highest BCUT2D eigenvalue weighted by Crippen LogP contribution is 2.36. The first-order valence-corrected chi connectivity index (χ1v) is 7.31. The van der Waals surface area contributed by atoms with Crippen LogP contribution in [0.15, 0.2) is 42.5 Å². The largest absolute Gasteiger partial charge is 0.494 e. The third kappa shape index (κ3) is 2.64. The predicted molar refractivity (Wildman–Crippen MR) is 83.9 cm³/mol. The van der Waals surface area contributed by atoms with E-state index in [4.69, 9.17) is 4.74 Å². The van der Waals surface area contributed by atoms with Gasteiger partial charge in [0, 0.05) is 5.69 Å². The molecule has 0 radical (unpaired) electrons. The first-order chi connectivity index (χ1) is 10.2. The second-order valence-electron chi connectivity index (χ2n) is 5.38. The van der Waals surface area contributed by atoms with Crippen LogP contribution in [0.1, 0.15) is 29.5 Å². The Kier molecular flexibility index (Phi) is 3.65. The van der Waals surface area contributed by atoms with Crippen molar-refractivity contribution in [3.63, 3.8) is 0 Å². The van der Waals surface area contributed by atoms with Crippen LogP contribution in [0, 0.1) is 6.92 Å². The van der Waals surface area contributed by atoms with Crippen molar-refractivity contribution in [1.29, 1.82) is 0 Å². The van der Waals surface area contributed by atoms with Gasteiger partial charge >= 0.3 is 0 Å². The van der Waals surface area contributed by atoms with Crippen molar-refractivity contribution in [2.24, 2.45) is 0 Å². The van der Waals surface area contributed by atoms with E-state index in [1.54, 1.807) is 0 Å². The topological polar surface area (TPSA) is 38.3 Å². The first kappa shape index (κ1) is 13.7. The smallest absolute Gasteiger partial charge is 0.232 e. The molecule has 3 heteroatoms. The quantitative estimate of drug-likeness (QED) is 0.928. The molecule has 0 aromatic heterocycles. The molecule has 3 nitrogen and oxygen atoms in total. The van der Waals surface area contributed by atoms with Gasteiger partial charge in [0.2, 0.25) is 5.91 Å². The van der Waals surface area contributed by atoms with Crippen molar-refractivity contribution < 1.29 is 9.53 Å². The van der Waals surface area contributed by atoms with Gasteiger partial charge in [-0.3, -0.25) is 4.79 Å². The van der Waals surface area contributed by atoms with Gasteiger partial charge in [0.25, 0.3) is 0 Å². The lowest BCUT2D eigenvalue weighted by Gasteiger charge is -2.13. The van der Waals surface area contributed by atoms with E-state index >= 15 is 0 Å². The van der Waals surface area contributed by atoms with E-state index in [0.29, 0.717) is 13.0 Å². The van der Waals surface area contributed by atoms with Crippen molar-refractivity contribution >= 4 is 11.6 Å². The van der Waals surface area contributed by atoms with E-state index in [-0.39, 0.29) is 11.8 Å². The van der Waals surface area contributed by atoms with Crippen molar-refractivity contribution in [3.8, 4) is 5.75 Å². The summed E-state index contributed by atoms with van der Waals surface area (Å²) in [7, 11) is 0. The van der Waals surface area contributed by atoms with Gasteiger partial charge in [-0.2, -0.15) is 0 Å². The summed E-state index contributed by atoms with van der Waals surface area (Å²) < 4.78 is 5.66. The van der Waals surface area contributed by atoms with Crippen LogP contribution in [-0.2, 0) is 11.2 Å². The second kappa shape index (κ2) is 5.60. The Morgan fingerprint density at radius 1 is 1.19 bits per heavy atom. The number of anilines is 1. The van der Waals surface area contributed by atoms with Crippen LogP contribution < -0.4 is 10.1 Å². The number of hydrogen-bond acceptors (Lipinski definition) is 2. The Hall–Kier alpha value is -2.29. The molecule has 1 aliphatic heterocycles. The average molecular weight is 281 g/mol.